The number of benzene rings is 1. The fraction of sp³-hybridized carbons (Fsp3) is 0.111. The van der Waals surface area contributed by atoms with Crippen molar-refractivity contribution in [3.05, 3.63) is 36.4 Å². The second-order valence-corrected chi connectivity index (χ2v) is 8.47. The van der Waals surface area contributed by atoms with Crippen LogP contribution >= 0.6 is 31.9 Å². The molecule has 3 heteroatoms. The number of hydrogen-bond acceptors (Lipinski definition) is 0. The van der Waals surface area contributed by atoms with Crippen LogP contribution in [0.5, 0.6) is 0 Å². The quantitative estimate of drug-likeness (QED) is 0.595. The largest absolute Gasteiger partial charge is 0.112 e. The van der Waals surface area contributed by atoms with E-state index in [1.165, 1.54) is 10.8 Å². The average molecular weight is 304 g/mol. The van der Waals surface area contributed by atoms with Gasteiger partial charge in [0, 0.05) is 0 Å². The van der Waals surface area contributed by atoms with Gasteiger partial charge in [-0.05, 0) is 5.56 Å². The maximum atomic E-state index is 3.73. The molecular formula is C9H8Br2Si. The maximum Gasteiger partial charge on any atom is 0.112 e. The van der Waals surface area contributed by atoms with Crippen LogP contribution in [0, 0.1) is 0 Å². The van der Waals surface area contributed by atoms with Crippen molar-refractivity contribution >= 4 is 52.6 Å². The monoisotopic (exact) mass is 302 g/mol. The Labute approximate surface area is 92.1 Å². The van der Waals surface area contributed by atoms with E-state index in [1.807, 2.05) is 6.08 Å². The van der Waals surface area contributed by atoms with E-state index in [0.717, 1.165) is 9.52 Å². The molecule has 1 aromatic rings. The van der Waals surface area contributed by atoms with Gasteiger partial charge in [-0.3, -0.25) is 0 Å². The number of hydrogen-bond donors (Lipinski definition) is 0. The summed E-state index contributed by atoms with van der Waals surface area (Å²) in [6, 6.07) is 8.39. The zero-order valence-electron chi connectivity index (χ0n) is 6.43. The Bertz CT molecular complexity index is 271. The molecule has 0 saturated heterocycles. The molecule has 62 valence electrons. The highest BCUT2D eigenvalue weighted by atomic mass is 79.9. The standard InChI is InChI=1S/C9H8Br2Si/c1-2-7-4-3-5-8(6-7)12-9(10)11/h2-6,9H,1H2. The molecule has 0 heterocycles. The molecule has 0 nitrogen and oxygen atoms in total. The van der Waals surface area contributed by atoms with E-state index in [0.29, 0.717) is 3.36 Å². The van der Waals surface area contributed by atoms with Gasteiger partial charge in [0.05, 0.1) is 3.36 Å². The Morgan fingerprint density at radius 2 is 2.17 bits per heavy atom. The minimum Gasteiger partial charge on any atom is -0.0985 e. The zero-order valence-corrected chi connectivity index (χ0v) is 10.6. The van der Waals surface area contributed by atoms with Gasteiger partial charge in [0.15, 0.2) is 0 Å². The first kappa shape index (κ1) is 10.2. The Balaban J connectivity index is 2.79. The Morgan fingerprint density at radius 1 is 1.42 bits per heavy atom. The molecule has 1 rings (SSSR count). The van der Waals surface area contributed by atoms with E-state index in [-0.39, 0.29) is 0 Å². The first-order chi connectivity index (χ1) is 5.72. The number of halogens is 2. The van der Waals surface area contributed by atoms with Crippen molar-refractivity contribution in [3.8, 4) is 0 Å². The minimum atomic E-state index is 0.380. The van der Waals surface area contributed by atoms with E-state index in [4.69, 9.17) is 0 Å². The van der Waals surface area contributed by atoms with Gasteiger partial charge >= 0.3 is 0 Å². The predicted octanol–water partition coefficient (Wildman–Crippen LogP) is 2.73. The van der Waals surface area contributed by atoms with E-state index in [2.05, 4.69) is 62.7 Å². The van der Waals surface area contributed by atoms with Gasteiger partial charge in [-0.25, -0.2) is 0 Å². The molecule has 0 saturated carbocycles. The third-order valence-electron chi connectivity index (χ3n) is 1.40. The van der Waals surface area contributed by atoms with Crippen molar-refractivity contribution in [2.45, 2.75) is 3.36 Å². The molecular weight excluding hydrogens is 296 g/mol. The lowest BCUT2D eigenvalue weighted by Gasteiger charge is -2.01. The van der Waals surface area contributed by atoms with Crippen molar-refractivity contribution in [2.24, 2.45) is 0 Å². The summed E-state index contributed by atoms with van der Waals surface area (Å²) in [5.41, 5.74) is 1.18. The molecule has 0 atom stereocenters. The third kappa shape index (κ3) is 3.25. The van der Waals surface area contributed by atoms with Crippen LogP contribution < -0.4 is 5.19 Å². The summed E-state index contributed by atoms with van der Waals surface area (Å²) in [6.45, 7) is 3.73. The third-order valence-corrected chi connectivity index (χ3v) is 3.63. The second kappa shape index (κ2) is 4.99. The highest BCUT2D eigenvalue weighted by Crippen LogP contribution is 2.06. The smallest absolute Gasteiger partial charge is 0.0985 e. The van der Waals surface area contributed by atoms with Crippen molar-refractivity contribution < 1.29 is 0 Å². The Hall–Kier alpha value is 0.137. The number of rotatable bonds is 3. The van der Waals surface area contributed by atoms with Gasteiger partial charge in [-0.2, -0.15) is 0 Å². The summed E-state index contributed by atoms with van der Waals surface area (Å²) >= 11 is 6.92. The van der Waals surface area contributed by atoms with Gasteiger partial charge in [-0.1, -0.05) is 74.0 Å². The highest BCUT2D eigenvalue weighted by Gasteiger charge is 2.01. The minimum absolute atomic E-state index is 0.380. The summed E-state index contributed by atoms with van der Waals surface area (Å²) in [4.78, 5) is 0. The van der Waals surface area contributed by atoms with Crippen LogP contribution in [0.1, 0.15) is 5.56 Å². The molecule has 0 aliphatic carbocycles. The fourth-order valence-corrected chi connectivity index (χ4v) is 3.16. The van der Waals surface area contributed by atoms with E-state index in [1.54, 1.807) is 0 Å². The van der Waals surface area contributed by atoms with Crippen LogP contribution in [-0.2, 0) is 0 Å². The molecule has 0 aromatic heterocycles. The summed E-state index contributed by atoms with van der Waals surface area (Å²) in [7, 11) is 0.746. The first-order valence-corrected chi connectivity index (χ1v) is 6.40. The van der Waals surface area contributed by atoms with Crippen LogP contribution in [0.15, 0.2) is 30.8 Å². The lowest BCUT2D eigenvalue weighted by molar-refractivity contribution is 1.70. The molecule has 12 heavy (non-hydrogen) atoms. The fourth-order valence-electron chi connectivity index (χ4n) is 0.881. The second-order valence-electron chi connectivity index (χ2n) is 2.27. The Kier molecular flexibility index (Phi) is 4.25. The molecule has 0 N–H and O–H groups in total. The lowest BCUT2D eigenvalue weighted by Crippen LogP contribution is -2.19. The normalized spacial score (nSPS) is 10.2. The summed E-state index contributed by atoms with van der Waals surface area (Å²) in [6.07, 6.45) is 1.87. The molecule has 0 amide bonds. The topological polar surface area (TPSA) is 0 Å². The van der Waals surface area contributed by atoms with Crippen LogP contribution in [0.25, 0.3) is 6.08 Å². The van der Waals surface area contributed by atoms with Crippen molar-refractivity contribution in [2.75, 3.05) is 0 Å². The molecule has 1 aromatic carbocycles. The SMILES string of the molecule is C=Cc1cccc([Si]C(Br)Br)c1. The molecule has 2 radical (unpaired) electrons. The molecule has 0 unspecified atom stereocenters. The Morgan fingerprint density at radius 3 is 2.75 bits per heavy atom. The van der Waals surface area contributed by atoms with Crippen molar-refractivity contribution in [1.29, 1.82) is 0 Å². The summed E-state index contributed by atoms with van der Waals surface area (Å²) < 4.78 is 0.380. The van der Waals surface area contributed by atoms with Gasteiger partial charge < -0.3 is 0 Å². The summed E-state index contributed by atoms with van der Waals surface area (Å²) in [5, 5.41) is 1.34. The molecule has 0 aliphatic heterocycles. The molecule has 0 fully saturated rings. The van der Waals surface area contributed by atoms with Crippen LogP contribution in [0.3, 0.4) is 0 Å². The van der Waals surface area contributed by atoms with Gasteiger partial charge in [0.2, 0.25) is 0 Å². The van der Waals surface area contributed by atoms with Gasteiger partial charge in [0.1, 0.15) is 9.52 Å². The zero-order chi connectivity index (χ0) is 8.97. The predicted molar refractivity (Wildman–Crippen MR) is 63.6 cm³/mol. The average Bonchev–Trinajstić information content (AvgIpc) is 2.03. The number of alkyl halides is 2. The van der Waals surface area contributed by atoms with Gasteiger partial charge in [0.25, 0.3) is 0 Å². The molecule has 0 spiro atoms. The van der Waals surface area contributed by atoms with Crippen LogP contribution in [-0.4, -0.2) is 12.9 Å². The van der Waals surface area contributed by atoms with E-state index < -0.39 is 0 Å². The van der Waals surface area contributed by atoms with Crippen LogP contribution in [0.4, 0.5) is 0 Å². The van der Waals surface area contributed by atoms with Crippen molar-refractivity contribution in [3.63, 3.8) is 0 Å². The van der Waals surface area contributed by atoms with Crippen LogP contribution in [0.2, 0.25) is 0 Å². The van der Waals surface area contributed by atoms with Crippen molar-refractivity contribution in [1.82, 2.24) is 0 Å². The maximum absolute atomic E-state index is 3.73. The highest BCUT2D eigenvalue weighted by molar-refractivity contribution is 9.25. The molecule has 0 aliphatic rings. The lowest BCUT2D eigenvalue weighted by atomic mass is 10.2. The summed E-state index contributed by atoms with van der Waals surface area (Å²) in [5.74, 6) is 0. The van der Waals surface area contributed by atoms with Gasteiger partial charge in [-0.15, -0.1) is 0 Å². The van der Waals surface area contributed by atoms with E-state index >= 15 is 0 Å². The van der Waals surface area contributed by atoms with E-state index in [9.17, 15) is 0 Å². The molecule has 0 bridgehead atoms. The first-order valence-electron chi connectivity index (χ1n) is 3.49.